The lowest BCUT2D eigenvalue weighted by molar-refractivity contribution is 0.635. The van der Waals surface area contributed by atoms with E-state index in [-0.39, 0.29) is 0 Å². The fourth-order valence-electron chi connectivity index (χ4n) is 2.19. The molecule has 0 bridgehead atoms. The minimum Gasteiger partial charge on any atom is -0.213 e. The molecule has 0 saturated carbocycles. The van der Waals surface area contributed by atoms with Crippen molar-refractivity contribution < 1.29 is 0 Å². The Kier molecular flexibility index (Phi) is 2.32. The van der Waals surface area contributed by atoms with E-state index in [1.807, 2.05) is 16.6 Å². The van der Waals surface area contributed by atoms with E-state index in [4.69, 9.17) is 0 Å². The van der Waals surface area contributed by atoms with Gasteiger partial charge in [-0.05, 0) is 24.5 Å². The van der Waals surface area contributed by atoms with Gasteiger partial charge in [-0.1, -0.05) is 43.3 Å². The van der Waals surface area contributed by atoms with E-state index in [1.165, 1.54) is 5.39 Å². The highest BCUT2D eigenvalue weighted by atomic mass is 15.4. The first-order valence-electron chi connectivity index (χ1n) is 5.98. The molecule has 3 rings (SSSR count). The normalized spacial score (nSPS) is 11.7. The van der Waals surface area contributed by atoms with Crippen molar-refractivity contribution in [2.75, 3.05) is 0 Å². The van der Waals surface area contributed by atoms with Gasteiger partial charge >= 0.3 is 0 Å². The fraction of sp³-hybridized carbons (Fsp3) is 0.286. The molecule has 0 radical (unpaired) electrons. The lowest BCUT2D eigenvalue weighted by atomic mass is 10.1. The summed E-state index contributed by atoms with van der Waals surface area (Å²) in [5, 5.41) is 9.76. The maximum Gasteiger partial charge on any atom is 0.0908 e. The van der Waals surface area contributed by atoms with E-state index in [2.05, 4.69) is 48.4 Å². The third-order valence-corrected chi connectivity index (χ3v) is 2.97. The summed E-state index contributed by atoms with van der Waals surface area (Å²) in [5.74, 6) is 0.599. The highest BCUT2D eigenvalue weighted by Gasteiger charge is 2.09. The van der Waals surface area contributed by atoms with Gasteiger partial charge in [0.25, 0.3) is 0 Å². The Morgan fingerprint density at radius 1 is 1.06 bits per heavy atom. The minimum absolute atomic E-state index is 0.599. The molecule has 3 nitrogen and oxygen atoms in total. The van der Waals surface area contributed by atoms with Crippen LogP contribution in [0.15, 0.2) is 36.4 Å². The lowest BCUT2D eigenvalue weighted by Gasteiger charge is -2.02. The molecule has 0 aliphatic rings. The van der Waals surface area contributed by atoms with Crippen LogP contribution in [0.1, 0.15) is 19.5 Å². The zero-order valence-corrected chi connectivity index (χ0v) is 10.1. The second kappa shape index (κ2) is 3.84. The van der Waals surface area contributed by atoms with Crippen molar-refractivity contribution in [2.45, 2.75) is 20.3 Å². The van der Waals surface area contributed by atoms with Crippen molar-refractivity contribution in [3.05, 3.63) is 42.1 Å². The van der Waals surface area contributed by atoms with E-state index < -0.39 is 0 Å². The molecule has 86 valence electrons. The quantitative estimate of drug-likeness (QED) is 0.671. The fourth-order valence-corrected chi connectivity index (χ4v) is 2.19. The Morgan fingerprint density at radius 3 is 2.71 bits per heavy atom. The first kappa shape index (κ1) is 10.3. The number of hydrogen-bond donors (Lipinski definition) is 0. The molecule has 17 heavy (non-hydrogen) atoms. The lowest BCUT2D eigenvalue weighted by Crippen LogP contribution is -1.95. The molecule has 1 aromatic carbocycles. The van der Waals surface area contributed by atoms with Gasteiger partial charge in [-0.2, -0.15) is 0 Å². The SMILES string of the molecule is CC(C)Cc1nnn2c1ccc1ccccc12. The number of benzene rings is 1. The molecule has 0 unspecified atom stereocenters. The zero-order chi connectivity index (χ0) is 11.8. The average Bonchev–Trinajstić information content (AvgIpc) is 2.72. The standard InChI is InChI=1S/C14H15N3/c1-10(2)9-12-14-8-7-11-5-3-4-6-13(11)17(14)16-15-12/h3-8,10H,9H2,1-2H3. The Morgan fingerprint density at radius 2 is 1.88 bits per heavy atom. The van der Waals surface area contributed by atoms with Crippen molar-refractivity contribution in [2.24, 2.45) is 5.92 Å². The van der Waals surface area contributed by atoms with E-state index in [9.17, 15) is 0 Å². The molecule has 0 fully saturated rings. The molecule has 0 spiro atoms. The highest BCUT2D eigenvalue weighted by molar-refractivity contribution is 5.82. The van der Waals surface area contributed by atoms with Gasteiger partial charge in [0.2, 0.25) is 0 Å². The van der Waals surface area contributed by atoms with E-state index in [0.29, 0.717) is 5.92 Å². The molecule has 3 aromatic rings. The molecule has 0 saturated heterocycles. The van der Waals surface area contributed by atoms with Gasteiger partial charge in [0.15, 0.2) is 0 Å². The van der Waals surface area contributed by atoms with Gasteiger partial charge < -0.3 is 0 Å². The van der Waals surface area contributed by atoms with Gasteiger partial charge in [0.05, 0.1) is 16.7 Å². The monoisotopic (exact) mass is 225 g/mol. The molecule has 2 heterocycles. The molecule has 0 atom stereocenters. The summed E-state index contributed by atoms with van der Waals surface area (Å²) in [6.07, 6.45) is 0.974. The van der Waals surface area contributed by atoms with Crippen LogP contribution in [0.2, 0.25) is 0 Å². The molecule has 0 aliphatic carbocycles. The predicted octanol–water partition coefficient (Wildman–Crippen LogP) is 3.08. The topological polar surface area (TPSA) is 30.2 Å². The molecule has 0 amide bonds. The van der Waals surface area contributed by atoms with Crippen molar-refractivity contribution in [1.29, 1.82) is 0 Å². The van der Waals surface area contributed by atoms with E-state index in [1.54, 1.807) is 0 Å². The molecular weight excluding hydrogens is 210 g/mol. The number of nitrogens with zero attached hydrogens (tertiary/aromatic N) is 3. The number of fused-ring (bicyclic) bond motifs is 3. The smallest absolute Gasteiger partial charge is 0.0908 e. The largest absolute Gasteiger partial charge is 0.213 e. The van der Waals surface area contributed by atoms with Crippen LogP contribution >= 0.6 is 0 Å². The van der Waals surface area contributed by atoms with Crippen LogP contribution in [0.25, 0.3) is 16.4 Å². The summed E-state index contributed by atoms with van der Waals surface area (Å²) < 4.78 is 1.94. The summed E-state index contributed by atoms with van der Waals surface area (Å²) in [6.45, 7) is 4.40. The molecule has 2 aromatic heterocycles. The number of aromatic nitrogens is 3. The van der Waals surface area contributed by atoms with Crippen LogP contribution in [0.3, 0.4) is 0 Å². The zero-order valence-electron chi connectivity index (χ0n) is 10.1. The second-order valence-electron chi connectivity index (χ2n) is 4.82. The predicted molar refractivity (Wildman–Crippen MR) is 69.0 cm³/mol. The van der Waals surface area contributed by atoms with Crippen LogP contribution in [0, 0.1) is 5.92 Å². The number of hydrogen-bond acceptors (Lipinski definition) is 2. The summed E-state index contributed by atoms with van der Waals surface area (Å²) in [5.41, 5.74) is 3.33. The Hall–Kier alpha value is -1.90. The average molecular weight is 225 g/mol. The minimum atomic E-state index is 0.599. The van der Waals surface area contributed by atoms with Gasteiger partial charge in [-0.25, -0.2) is 4.52 Å². The molecular formula is C14H15N3. The third-order valence-electron chi connectivity index (χ3n) is 2.97. The Bertz CT molecular complexity index is 667. The summed E-state index contributed by atoms with van der Waals surface area (Å²) in [4.78, 5) is 0. The van der Waals surface area contributed by atoms with Crippen LogP contribution in [-0.2, 0) is 6.42 Å². The van der Waals surface area contributed by atoms with Crippen molar-refractivity contribution >= 4 is 16.4 Å². The Balaban J connectivity index is 2.27. The van der Waals surface area contributed by atoms with Crippen LogP contribution < -0.4 is 0 Å². The van der Waals surface area contributed by atoms with Gasteiger partial charge in [0.1, 0.15) is 0 Å². The van der Waals surface area contributed by atoms with E-state index >= 15 is 0 Å². The molecule has 0 N–H and O–H groups in total. The van der Waals surface area contributed by atoms with E-state index in [0.717, 1.165) is 23.1 Å². The summed E-state index contributed by atoms with van der Waals surface area (Å²) >= 11 is 0. The third kappa shape index (κ3) is 1.68. The number of pyridine rings is 1. The highest BCUT2D eigenvalue weighted by Crippen LogP contribution is 2.19. The van der Waals surface area contributed by atoms with Crippen molar-refractivity contribution in [3.8, 4) is 0 Å². The maximum absolute atomic E-state index is 4.30. The molecule has 0 aliphatic heterocycles. The first-order chi connectivity index (χ1) is 8.25. The van der Waals surface area contributed by atoms with Crippen molar-refractivity contribution in [3.63, 3.8) is 0 Å². The van der Waals surface area contributed by atoms with Crippen LogP contribution in [0.4, 0.5) is 0 Å². The first-order valence-corrected chi connectivity index (χ1v) is 5.98. The van der Waals surface area contributed by atoms with Crippen molar-refractivity contribution in [1.82, 2.24) is 14.8 Å². The number of para-hydroxylation sites is 1. The Labute approximate surface area is 100 Å². The van der Waals surface area contributed by atoms with Gasteiger partial charge in [-0.15, -0.1) is 5.10 Å². The molecule has 3 heteroatoms. The maximum atomic E-state index is 4.30. The van der Waals surface area contributed by atoms with Gasteiger partial charge in [0, 0.05) is 5.39 Å². The second-order valence-corrected chi connectivity index (χ2v) is 4.82. The van der Waals surface area contributed by atoms with Crippen LogP contribution in [-0.4, -0.2) is 14.8 Å². The summed E-state index contributed by atoms with van der Waals surface area (Å²) in [6, 6.07) is 12.5. The number of rotatable bonds is 2. The summed E-state index contributed by atoms with van der Waals surface area (Å²) in [7, 11) is 0. The van der Waals surface area contributed by atoms with Gasteiger partial charge in [-0.3, -0.25) is 0 Å². The van der Waals surface area contributed by atoms with Crippen LogP contribution in [0.5, 0.6) is 0 Å².